The number of hydrogen-bond acceptors (Lipinski definition) is 4. The fourth-order valence-corrected chi connectivity index (χ4v) is 7.34. The number of aliphatic carboxylic acids is 1. The fourth-order valence-electron chi connectivity index (χ4n) is 3.96. The normalized spacial score (nSPS) is 12.9. The molecule has 0 aliphatic heterocycles. The highest BCUT2D eigenvalue weighted by Crippen LogP contribution is 2.41. The van der Waals surface area contributed by atoms with Gasteiger partial charge in [0, 0.05) is 25.9 Å². The molecule has 31 heavy (non-hydrogen) atoms. The molecule has 1 N–H and O–H groups in total. The van der Waals surface area contributed by atoms with Crippen molar-refractivity contribution >= 4 is 20.8 Å². The second kappa shape index (κ2) is 12.6. The van der Waals surface area contributed by atoms with Crippen LogP contribution in [0, 0.1) is 0 Å². The van der Waals surface area contributed by atoms with Gasteiger partial charge >= 0.3 is 14.8 Å². The Hall–Kier alpha value is -2.25. The lowest BCUT2D eigenvalue weighted by atomic mass is 9.91. The lowest BCUT2D eigenvalue weighted by molar-refractivity contribution is -0.131. The van der Waals surface area contributed by atoms with Gasteiger partial charge in [-0.15, -0.1) is 0 Å². The van der Waals surface area contributed by atoms with Gasteiger partial charge in [-0.2, -0.15) is 0 Å². The first-order valence-electron chi connectivity index (χ1n) is 11.0. The topological polar surface area (TPSA) is 65.0 Å². The Morgan fingerprint density at radius 2 is 1.55 bits per heavy atom. The Labute approximate surface area is 187 Å². The van der Waals surface area contributed by atoms with E-state index < -0.39 is 14.8 Å². The Morgan fingerprint density at radius 1 is 0.935 bits per heavy atom. The maximum atomic E-state index is 11.3. The van der Waals surface area contributed by atoms with Crippen molar-refractivity contribution in [3.63, 3.8) is 0 Å². The molecule has 0 radical (unpaired) electrons. The third-order valence-electron chi connectivity index (χ3n) is 5.02. The van der Waals surface area contributed by atoms with Crippen LogP contribution in [-0.2, 0) is 18.1 Å². The highest BCUT2D eigenvalue weighted by Gasteiger charge is 2.50. The summed E-state index contributed by atoms with van der Waals surface area (Å²) in [5, 5.41) is 9.25. The summed E-state index contributed by atoms with van der Waals surface area (Å²) in [6.07, 6.45) is 4.57. The van der Waals surface area contributed by atoms with Gasteiger partial charge < -0.3 is 18.4 Å². The number of carboxylic acids is 1. The van der Waals surface area contributed by atoms with Crippen molar-refractivity contribution in [2.75, 3.05) is 19.8 Å². The second-order valence-corrected chi connectivity index (χ2v) is 9.86. The van der Waals surface area contributed by atoms with E-state index in [-0.39, 0.29) is 5.54 Å². The molecule has 0 saturated heterocycles. The summed E-state index contributed by atoms with van der Waals surface area (Å²) in [5.41, 5.74) is 3.86. The molecule has 0 bridgehead atoms. The van der Waals surface area contributed by atoms with Gasteiger partial charge in [-0.1, -0.05) is 61.9 Å². The first kappa shape index (κ1) is 25.0. The lowest BCUT2D eigenvalue weighted by Crippen LogP contribution is -2.52. The summed E-state index contributed by atoms with van der Waals surface area (Å²) in [7, 11) is -3.12. The van der Waals surface area contributed by atoms with E-state index in [4.69, 9.17) is 13.3 Å². The summed E-state index contributed by atoms with van der Waals surface area (Å²) in [5.74, 6) is -0.981. The molecular weight excluding hydrogens is 408 g/mol. The second-order valence-electron chi connectivity index (χ2n) is 7.09. The molecule has 0 aliphatic carbocycles. The van der Waals surface area contributed by atoms with E-state index in [9.17, 15) is 9.90 Å². The number of benzene rings is 2. The van der Waals surface area contributed by atoms with Gasteiger partial charge in [0.05, 0.1) is 5.54 Å². The molecule has 5 nitrogen and oxygen atoms in total. The van der Waals surface area contributed by atoms with Crippen molar-refractivity contribution in [1.29, 1.82) is 0 Å². The van der Waals surface area contributed by atoms with Gasteiger partial charge in [0.2, 0.25) is 0 Å². The van der Waals surface area contributed by atoms with Crippen LogP contribution in [0.5, 0.6) is 0 Å². The lowest BCUT2D eigenvalue weighted by Gasteiger charge is -2.37. The van der Waals surface area contributed by atoms with Crippen LogP contribution in [-0.4, -0.2) is 39.7 Å². The summed E-state index contributed by atoms with van der Waals surface area (Å²) in [4.78, 5) is 11.3. The number of carboxylic acid groups (broad SMARTS) is 1. The monoisotopic (exact) mass is 442 g/mol. The van der Waals surface area contributed by atoms with Crippen molar-refractivity contribution in [2.24, 2.45) is 0 Å². The smallest absolute Gasteiger partial charge is 0.478 e. The van der Waals surface area contributed by atoms with Crippen LogP contribution in [0.1, 0.15) is 57.2 Å². The quantitative estimate of drug-likeness (QED) is 0.308. The molecule has 2 aromatic carbocycles. The molecule has 2 rings (SSSR count). The van der Waals surface area contributed by atoms with Gasteiger partial charge in [0.15, 0.2) is 0 Å². The maximum Gasteiger partial charge on any atom is 0.508 e. The van der Waals surface area contributed by atoms with Gasteiger partial charge in [0.25, 0.3) is 0 Å². The molecule has 1 atom stereocenters. The molecule has 1 unspecified atom stereocenters. The van der Waals surface area contributed by atoms with Crippen molar-refractivity contribution in [3.05, 3.63) is 65.7 Å². The van der Waals surface area contributed by atoms with Gasteiger partial charge in [-0.25, -0.2) is 4.79 Å². The average molecular weight is 443 g/mol. The van der Waals surface area contributed by atoms with Crippen LogP contribution in [0.4, 0.5) is 0 Å². The van der Waals surface area contributed by atoms with Crippen molar-refractivity contribution in [3.8, 4) is 11.1 Å². The molecule has 0 saturated carbocycles. The Morgan fingerprint density at radius 3 is 2.06 bits per heavy atom. The van der Waals surface area contributed by atoms with Gasteiger partial charge in [0.1, 0.15) is 0 Å². The molecule has 0 aliphatic rings. The van der Waals surface area contributed by atoms with Crippen LogP contribution in [0.2, 0.25) is 0 Å². The SMILES string of the molecule is CCCC(c1c(/C=C/C(=O)O)cccc1-c1ccccc1)[Si](OCC)(OCC)OCC. The Kier molecular flexibility index (Phi) is 10.1. The molecule has 2 aromatic rings. The third kappa shape index (κ3) is 6.37. The van der Waals surface area contributed by atoms with Crippen LogP contribution >= 0.6 is 0 Å². The first-order chi connectivity index (χ1) is 15.0. The molecule has 6 heteroatoms. The van der Waals surface area contributed by atoms with Crippen LogP contribution < -0.4 is 0 Å². The van der Waals surface area contributed by atoms with Crippen LogP contribution in [0.25, 0.3) is 17.2 Å². The molecule has 0 aromatic heterocycles. The van der Waals surface area contributed by atoms with E-state index in [1.165, 1.54) is 6.08 Å². The number of carbonyl (C=O) groups is 1. The zero-order valence-electron chi connectivity index (χ0n) is 19.0. The standard InChI is InChI=1S/C25H34O5Si/c1-5-13-23(31(28-6-2,29-7-3)30-8-4)25-21(18-19-24(26)27)16-12-17-22(25)20-14-10-9-11-15-20/h9-12,14-19,23H,5-8,13H2,1-4H3,(H,26,27)/b19-18+. The third-order valence-corrected chi connectivity index (χ3v) is 8.52. The van der Waals surface area contributed by atoms with Crippen molar-refractivity contribution < 1.29 is 23.2 Å². The average Bonchev–Trinajstić information content (AvgIpc) is 2.77. The molecule has 0 fully saturated rings. The Bertz CT molecular complexity index is 833. The largest absolute Gasteiger partial charge is 0.508 e. The molecule has 0 heterocycles. The minimum Gasteiger partial charge on any atom is -0.478 e. The first-order valence-corrected chi connectivity index (χ1v) is 12.8. The fraction of sp³-hybridized carbons (Fsp3) is 0.400. The minimum atomic E-state index is -3.12. The summed E-state index contributed by atoms with van der Waals surface area (Å²) in [6, 6.07) is 16.1. The highest BCUT2D eigenvalue weighted by molar-refractivity contribution is 6.62. The predicted molar refractivity (Wildman–Crippen MR) is 127 cm³/mol. The number of hydrogen-bond donors (Lipinski definition) is 1. The summed E-state index contributed by atoms with van der Waals surface area (Å²) in [6.45, 7) is 9.46. The maximum absolute atomic E-state index is 11.3. The van der Waals surface area contributed by atoms with Gasteiger partial charge in [-0.3, -0.25) is 0 Å². The van der Waals surface area contributed by atoms with E-state index in [2.05, 4.69) is 25.1 Å². The predicted octanol–water partition coefficient (Wildman–Crippen LogP) is 5.92. The summed E-state index contributed by atoms with van der Waals surface area (Å²) >= 11 is 0. The summed E-state index contributed by atoms with van der Waals surface area (Å²) < 4.78 is 18.9. The van der Waals surface area contributed by atoms with Crippen molar-refractivity contribution in [1.82, 2.24) is 0 Å². The minimum absolute atomic E-state index is 0.123. The molecule has 0 spiro atoms. The van der Waals surface area contributed by atoms with Crippen LogP contribution in [0.15, 0.2) is 54.6 Å². The molecule has 0 amide bonds. The number of rotatable bonds is 13. The van der Waals surface area contributed by atoms with E-state index in [0.29, 0.717) is 19.8 Å². The van der Waals surface area contributed by atoms with Gasteiger partial charge in [-0.05, 0) is 55.5 Å². The molecular formula is C25H34O5Si. The van der Waals surface area contributed by atoms with E-state index in [1.54, 1.807) is 6.08 Å². The van der Waals surface area contributed by atoms with E-state index in [0.717, 1.165) is 35.1 Å². The Balaban J connectivity index is 2.82. The van der Waals surface area contributed by atoms with Crippen molar-refractivity contribution in [2.45, 2.75) is 46.1 Å². The van der Waals surface area contributed by atoms with Crippen LogP contribution in [0.3, 0.4) is 0 Å². The zero-order valence-corrected chi connectivity index (χ0v) is 20.0. The van der Waals surface area contributed by atoms with E-state index >= 15 is 0 Å². The van der Waals surface area contributed by atoms with E-state index in [1.807, 2.05) is 51.1 Å². The molecule has 168 valence electrons. The zero-order chi connectivity index (χ0) is 22.7. The highest BCUT2D eigenvalue weighted by atomic mass is 28.4.